The monoisotopic (exact) mass is 721 g/mol. The Kier molecular flexibility index (Phi) is 8.11. The second-order valence-corrected chi connectivity index (χ2v) is 14.8. The zero-order valence-corrected chi connectivity index (χ0v) is 31.3. The molecule has 0 aliphatic heterocycles. The van der Waals surface area contributed by atoms with Crippen LogP contribution in [0.1, 0.15) is 25.0 Å². The predicted octanol–water partition coefficient (Wildman–Crippen LogP) is 14.4. The highest BCUT2D eigenvalue weighted by Gasteiger charge is 2.36. The summed E-state index contributed by atoms with van der Waals surface area (Å²) in [6.45, 7) is 4.66. The second-order valence-electron chi connectivity index (χ2n) is 14.8. The minimum absolute atomic E-state index is 0.166. The normalized spacial score (nSPS) is 12.6. The average Bonchev–Trinajstić information content (AvgIpc) is 3.79. The van der Waals surface area contributed by atoms with Gasteiger partial charge in [-0.3, -0.25) is 0 Å². The number of benzene rings is 8. The van der Waals surface area contributed by atoms with Crippen molar-refractivity contribution in [2.75, 3.05) is 9.80 Å². The molecule has 9 aromatic rings. The van der Waals surface area contributed by atoms with Crippen molar-refractivity contribution in [3.63, 3.8) is 0 Å². The molecule has 1 heterocycles. The van der Waals surface area contributed by atoms with E-state index in [0.717, 1.165) is 56.3 Å². The van der Waals surface area contributed by atoms with Crippen LogP contribution in [0, 0.1) is 0 Å². The molecule has 4 heteroatoms. The number of oxazole rings is 1. The first-order valence-electron chi connectivity index (χ1n) is 19.1. The van der Waals surface area contributed by atoms with Crippen LogP contribution in [-0.4, -0.2) is 4.98 Å². The number of nitrogens with zero attached hydrogens (tertiary/aromatic N) is 3. The van der Waals surface area contributed by atoms with Gasteiger partial charge in [0.25, 0.3) is 0 Å². The van der Waals surface area contributed by atoms with Gasteiger partial charge in [-0.2, -0.15) is 0 Å². The van der Waals surface area contributed by atoms with E-state index in [1.807, 2.05) is 30.3 Å². The fraction of sp³-hybridized carbons (Fsp3) is 0.0577. The van der Waals surface area contributed by atoms with E-state index in [1.165, 1.54) is 22.3 Å². The summed E-state index contributed by atoms with van der Waals surface area (Å²) in [6, 6.07) is 70.7. The highest BCUT2D eigenvalue weighted by Crippen LogP contribution is 2.52. The van der Waals surface area contributed by atoms with E-state index in [9.17, 15) is 0 Å². The Morgan fingerprint density at radius 3 is 1.62 bits per heavy atom. The SMILES string of the molecule is CC1(C)c2ccccc2-c2ccc(N(c3ccccc3)c3cc(N(c4ccccc4)c4ccccc4-c4ccccc4)cc4oc(-c5ccccc5)nc34)cc21. The summed E-state index contributed by atoms with van der Waals surface area (Å²) in [6.07, 6.45) is 0. The first kappa shape index (κ1) is 33.4. The Morgan fingerprint density at radius 2 is 0.946 bits per heavy atom. The maximum absolute atomic E-state index is 6.78. The summed E-state index contributed by atoms with van der Waals surface area (Å²) in [4.78, 5) is 9.95. The third-order valence-electron chi connectivity index (χ3n) is 11.1. The fourth-order valence-electron chi connectivity index (χ4n) is 8.37. The Hall–Kier alpha value is -7.17. The van der Waals surface area contributed by atoms with E-state index in [1.54, 1.807) is 0 Å². The molecule has 0 bridgehead atoms. The molecule has 0 fully saturated rings. The summed E-state index contributed by atoms with van der Waals surface area (Å²) >= 11 is 0. The first-order valence-corrected chi connectivity index (χ1v) is 19.1. The molecule has 1 aromatic heterocycles. The predicted molar refractivity (Wildman–Crippen MR) is 232 cm³/mol. The minimum Gasteiger partial charge on any atom is -0.436 e. The summed E-state index contributed by atoms with van der Waals surface area (Å²) in [5, 5.41) is 0. The molecule has 0 saturated heterocycles. The van der Waals surface area contributed by atoms with Crippen molar-refractivity contribution in [2.45, 2.75) is 19.3 Å². The van der Waals surface area contributed by atoms with Gasteiger partial charge in [0.05, 0.1) is 17.1 Å². The van der Waals surface area contributed by atoms with Gasteiger partial charge in [-0.15, -0.1) is 0 Å². The van der Waals surface area contributed by atoms with Crippen LogP contribution in [0.5, 0.6) is 0 Å². The van der Waals surface area contributed by atoms with E-state index in [2.05, 4.69) is 194 Å². The zero-order valence-electron chi connectivity index (χ0n) is 31.3. The number of fused-ring (bicyclic) bond motifs is 4. The largest absolute Gasteiger partial charge is 0.436 e. The van der Waals surface area contributed by atoms with Crippen LogP contribution in [-0.2, 0) is 5.41 Å². The number of para-hydroxylation sites is 3. The number of rotatable bonds is 8. The highest BCUT2D eigenvalue weighted by molar-refractivity contribution is 6.00. The van der Waals surface area contributed by atoms with E-state index < -0.39 is 0 Å². The summed E-state index contributed by atoms with van der Waals surface area (Å²) in [7, 11) is 0. The molecule has 0 saturated carbocycles. The van der Waals surface area contributed by atoms with Crippen LogP contribution < -0.4 is 9.80 Å². The van der Waals surface area contributed by atoms with Gasteiger partial charge in [-0.25, -0.2) is 4.98 Å². The Balaban J connectivity index is 1.25. The lowest BCUT2D eigenvalue weighted by Gasteiger charge is -2.31. The number of aromatic nitrogens is 1. The smallest absolute Gasteiger partial charge is 0.227 e. The van der Waals surface area contributed by atoms with Gasteiger partial charge in [0.15, 0.2) is 5.58 Å². The standard InChI is InChI=1S/C52H39N3O/c1-52(2)45-29-17-15-28-43(45)44-32-31-40(33-46(44)52)54(38-23-11-5-12-24-38)48-34-41(35-49-50(48)53-51(56-49)37-21-9-4-10-22-37)55(39-25-13-6-14-26-39)47-30-18-16-27-42(47)36-19-7-3-8-20-36/h3-35H,1-2H3. The summed E-state index contributed by atoms with van der Waals surface area (Å²) in [5.41, 5.74) is 15.8. The molecule has 0 radical (unpaired) electrons. The van der Waals surface area contributed by atoms with Crippen molar-refractivity contribution in [1.29, 1.82) is 0 Å². The molecule has 0 atom stereocenters. The molecule has 1 aliphatic carbocycles. The lowest BCUT2D eigenvalue weighted by molar-refractivity contribution is 0.620. The molecule has 8 aromatic carbocycles. The molecule has 0 N–H and O–H groups in total. The Bertz CT molecular complexity index is 2830. The van der Waals surface area contributed by atoms with Gasteiger partial charge < -0.3 is 14.2 Å². The molecule has 0 amide bonds. The van der Waals surface area contributed by atoms with Gasteiger partial charge in [-0.1, -0.05) is 147 Å². The van der Waals surface area contributed by atoms with Crippen molar-refractivity contribution in [3.05, 3.63) is 211 Å². The molecular formula is C52H39N3O. The Morgan fingerprint density at radius 1 is 0.411 bits per heavy atom. The molecular weight excluding hydrogens is 683 g/mol. The lowest BCUT2D eigenvalue weighted by Crippen LogP contribution is -2.17. The van der Waals surface area contributed by atoms with Crippen LogP contribution in [0.2, 0.25) is 0 Å². The third-order valence-corrected chi connectivity index (χ3v) is 11.1. The summed E-state index contributed by atoms with van der Waals surface area (Å²) in [5.74, 6) is 0.577. The average molecular weight is 722 g/mol. The van der Waals surface area contributed by atoms with Gasteiger partial charge in [0, 0.05) is 39.7 Å². The number of hydrogen-bond acceptors (Lipinski definition) is 4. The van der Waals surface area contributed by atoms with Crippen LogP contribution in [0.4, 0.5) is 34.1 Å². The van der Waals surface area contributed by atoms with Crippen molar-refractivity contribution in [2.24, 2.45) is 0 Å². The quantitative estimate of drug-likeness (QED) is 0.156. The van der Waals surface area contributed by atoms with Crippen molar-refractivity contribution in [3.8, 4) is 33.7 Å². The van der Waals surface area contributed by atoms with E-state index >= 15 is 0 Å². The van der Waals surface area contributed by atoms with Crippen molar-refractivity contribution >= 4 is 45.2 Å². The molecule has 4 nitrogen and oxygen atoms in total. The maximum atomic E-state index is 6.78. The van der Waals surface area contributed by atoms with Gasteiger partial charge in [-0.05, 0) is 88.5 Å². The fourth-order valence-corrected chi connectivity index (χ4v) is 8.37. The first-order chi connectivity index (χ1) is 27.5. The zero-order chi connectivity index (χ0) is 37.6. The lowest BCUT2D eigenvalue weighted by atomic mass is 9.82. The molecule has 56 heavy (non-hydrogen) atoms. The van der Waals surface area contributed by atoms with Crippen molar-refractivity contribution in [1.82, 2.24) is 4.98 Å². The number of anilines is 6. The van der Waals surface area contributed by atoms with Gasteiger partial charge >= 0.3 is 0 Å². The Labute approximate surface area is 327 Å². The van der Waals surface area contributed by atoms with Crippen LogP contribution in [0.15, 0.2) is 205 Å². The van der Waals surface area contributed by atoms with E-state index in [0.29, 0.717) is 11.5 Å². The molecule has 1 aliphatic rings. The maximum Gasteiger partial charge on any atom is 0.227 e. The highest BCUT2D eigenvalue weighted by atomic mass is 16.3. The summed E-state index contributed by atoms with van der Waals surface area (Å²) < 4.78 is 6.78. The van der Waals surface area contributed by atoms with Crippen LogP contribution in [0.25, 0.3) is 44.8 Å². The molecule has 10 rings (SSSR count). The van der Waals surface area contributed by atoms with Gasteiger partial charge in [0.2, 0.25) is 5.89 Å². The molecule has 268 valence electrons. The van der Waals surface area contributed by atoms with Gasteiger partial charge in [0.1, 0.15) is 5.52 Å². The topological polar surface area (TPSA) is 32.5 Å². The third kappa shape index (κ3) is 5.66. The second kappa shape index (κ2) is 13.6. The van der Waals surface area contributed by atoms with E-state index in [4.69, 9.17) is 9.40 Å². The molecule has 0 unspecified atom stereocenters. The van der Waals surface area contributed by atoms with Crippen molar-refractivity contribution < 1.29 is 4.42 Å². The molecule has 0 spiro atoms. The minimum atomic E-state index is -0.166. The van der Waals surface area contributed by atoms with E-state index in [-0.39, 0.29) is 5.41 Å². The van der Waals surface area contributed by atoms with Crippen LogP contribution >= 0.6 is 0 Å². The number of hydrogen-bond donors (Lipinski definition) is 0. The van der Waals surface area contributed by atoms with Crippen LogP contribution in [0.3, 0.4) is 0 Å².